The molecule has 0 radical (unpaired) electrons. The van der Waals surface area contributed by atoms with Gasteiger partial charge in [-0.3, -0.25) is 14.6 Å². The van der Waals surface area contributed by atoms with Gasteiger partial charge in [-0.1, -0.05) is 36.8 Å². The molecule has 0 saturated carbocycles. The zero-order valence-electron chi connectivity index (χ0n) is 28.3. The van der Waals surface area contributed by atoms with Gasteiger partial charge in [0.2, 0.25) is 0 Å². The Morgan fingerprint density at radius 3 is 2.79 bits per heavy atom. The number of phenols is 1. The molecule has 4 fully saturated rings. The maximum Gasteiger partial charge on any atom is 0.316 e. The Kier molecular flexibility index (Phi) is 6.11. The molecule has 8 unspecified atom stereocenters. The van der Waals surface area contributed by atoms with Crippen molar-refractivity contribution in [3.05, 3.63) is 76.1 Å². The second kappa shape index (κ2) is 9.99. The zero-order valence-corrected chi connectivity index (χ0v) is 28.3. The molecule has 9 heterocycles. The van der Waals surface area contributed by atoms with E-state index in [2.05, 4.69) is 56.6 Å². The standard InChI is InChI=1S/C40H46N4O4/c1-4-22-20-43-29-18-26(22)40(21-45,38(47)48-3)32(43)17-25-33-27(41-35(25)29)11-12-31(46)34(33)30-19-39(5-2)14-8-15-42-16-13-24-23-9-6-7-10-28(23)44(30)36(24)37(39)42/h4,6-7,9-12,26,29-30,32,37,41,45-46H,5,8,13-21H2,1-3H3. The van der Waals surface area contributed by atoms with Crippen LogP contribution in [0.2, 0.25) is 0 Å². The van der Waals surface area contributed by atoms with Crippen molar-refractivity contribution in [2.45, 2.75) is 83.0 Å². The fraction of sp³-hybridized carbons (Fsp3) is 0.525. The molecule has 7 aliphatic heterocycles. The van der Waals surface area contributed by atoms with E-state index in [1.807, 2.05) is 19.1 Å². The normalized spacial score (nSPS) is 35.6. The molecule has 250 valence electrons. The number of H-pyrrole nitrogens is 1. The van der Waals surface area contributed by atoms with Gasteiger partial charge in [-0.25, -0.2) is 0 Å². The molecule has 48 heavy (non-hydrogen) atoms. The van der Waals surface area contributed by atoms with E-state index >= 15 is 0 Å². The lowest BCUT2D eigenvalue weighted by Gasteiger charge is -2.62. The van der Waals surface area contributed by atoms with Gasteiger partial charge in [-0.05, 0) is 93.2 Å². The van der Waals surface area contributed by atoms with Gasteiger partial charge in [0.1, 0.15) is 11.2 Å². The third-order valence-corrected chi connectivity index (χ3v) is 14.3. The number of allylic oxidation sites excluding steroid dienone is 1. The van der Waals surface area contributed by atoms with E-state index in [-0.39, 0.29) is 42.0 Å². The Hall–Kier alpha value is -3.59. The largest absolute Gasteiger partial charge is 0.508 e. The van der Waals surface area contributed by atoms with Crippen LogP contribution in [0.15, 0.2) is 48.0 Å². The number of aromatic hydroxyl groups is 1. The van der Waals surface area contributed by atoms with Gasteiger partial charge in [0.25, 0.3) is 0 Å². The van der Waals surface area contributed by atoms with Gasteiger partial charge in [0.05, 0.1) is 31.8 Å². The molecule has 8 nitrogen and oxygen atoms in total. The first kappa shape index (κ1) is 29.3. The molecule has 3 N–H and O–H groups in total. The van der Waals surface area contributed by atoms with Crippen LogP contribution in [-0.2, 0) is 22.4 Å². The number of aromatic amines is 1. The first-order valence-corrected chi connectivity index (χ1v) is 18.2. The van der Waals surface area contributed by atoms with E-state index in [0.717, 1.165) is 61.8 Å². The molecule has 7 aliphatic rings. The summed E-state index contributed by atoms with van der Waals surface area (Å²) in [7, 11) is 1.45. The van der Waals surface area contributed by atoms with Gasteiger partial charge in [-0.15, -0.1) is 0 Å². The van der Waals surface area contributed by atoms with Gasteiger partial charge in [-0.2, -0.15) is 0 Å². The lowest BCUT2D eigenvalue weighted by Crippen LogP contribution is -2.69. The summed E-state index contributed by atoms with van der Waals surface area (Å²) in [4.78, 5) is 22.9. The number of carbonyl (C=O) groups excluding carboxylic acids is 1. The predicted octanol–water partition coefficient (Wildman–Crippen LogP) is 6.31. The highest BCUT2D eigenvalue weighted by Gasteiger charge is 2.65. The number of hydrogen-bond donors (Lipinski definition) is 3. The number of aromatic nitrogens is 2. The van der Waals surface area contributed by atoms with Crippen LogP contribution in [0.25, 0.3) is 21.8 Å². The summed E-state index contributed by atoms with van der Waals surface area (Å²) in [6.07, 6.45) is 9.09. The molecular weight excluding hydrogens is 600 g/mol. The summed E-state index contributed by atoms with van der Waals surface area (Å²) in [5.41, 5.74) is 9.07. The van der Waals surface area contributed by atoms with Gasteiger partial charge < -0.3 is 24.5 Å². The van der Waals surface area contributed by atoms with Crippen LogP contribution in [0.5, 0.6) is 5.75 Å². The van der Waals surface area contributed by atoms with Crippen LogP contribution in [0, 0.1) is 16.7 Å². The average molecular weight is 647 g/mol. The Labute approximate surface area is 281 Å². The molecular formula is C40H46N4O4. The highest BCUT2D eigenvalue weighted by Crippen LogP contribution is 2.63. The fourth-order valence-electron chi connectivity index (χ4n) is 12.3. The number of para-hydroxylation sites is 1. The van der Waals surface area contributed by atoms with Crippen molar-refractivity contribution in [3.8, 4) is 5.75 Å². The number of aliphatic hydroxyl groups is 1. The monoisotopic (exact) mass is 646 g/mol. The van der Waals surface area contributed by atoms with E-state index in [9.17, 15) is 15.0 Å². The van der Waals surface area contributed by atoms with Crippen molar-refractivity contribution >= 4 is 27.8 Å². The Morgan fingerprint density at radius 1 is 1.15 bits per heavy atom. The summed E-state index contributed by atoms with van der Waals surface area (Å²) in [5.74, 6) is -0.0346. The van der Waals surface area contributed by atoms with Crippen molar-refractivity contribution in [2.24, 2.45) is 16.7 Å². The van der Waals surface area contributed by atoms with Crippen molar-refractivity contribution in [2.75, 3.05) is 33.4 Å². The summed E-state index contributed by atoms with van der Waals surface area (Å²) in [5, 5.41) is 25.7. The number of ether oxygens (including phenoxy) is 1. The lowest BCUT2D eigenvalue weighted by atomic mass is 9.55. The predicted molar refractivity (Wildman–Crippen MR) is 185 cm³/mol. The summed E-state index contributed by atoms with van der Waals surface area (Å²) >= 11 is 0. The van der Waals surface area contributed by atoms with Gasteiger partial charge >= 0.3 is 5.97 Å². The summed E-state index contributed by atoms with van der Waals surface area (Å²) < 4.78 is 8.11. The molecule has 4 bridgehead atoms. The third-order valence-electron chi connectivity index (χ3n) is 14.3. The third kappa shape index (κ3) is 3.35. The number of hydrogen-bond acceptors (Lipinski definition) is 6. The highest BCUT2D eigenvalue weighted by molar-refractivity contribution is 5.93. The number of esters is 1. The molecule has 0 amide bonds. The minimum absolute atomic E-state index is 0.0205. The molecule has 0 aliphatic carbocycles. The number of fused-ring (bicyclic) bond motifs is 7. The second-order valence-electron chi connectivity index (χ2n) is 15.7. The number of piperidine rings is 4. The molecule has 8 atom stereocenters. The first-order chi connectivity index (χ1) is 23.4. The maximum absolute atomic E-state index is 13.8. The first-order valence-electron chi connectivity index (χ1n) is 18.2. The number of nitrogens with zero attached hydrogens (tertiary/aromatic N) is 3. The molecule has 2 aromatic heterocycles. The highest BCUT2D eigenvalue weighted by atomic mass is 16.5. The minimum Gasteiger partial charge on any atom is -0.508 e. The molecule has 11 rings (SSSR count). The summed E-state index contributed by atoms with van der Waals surface area (Å²) in [6, 6.07) is 13.2. The van der Waals surface area contributed by atoms with Crippen LogP contribution >= 0.6 is 0 Å². The van der Waals surface area contributed by atoms with Crippen LogP contribution in [0.3, 0.4) is 0 Å². The van der Waals surface area contributed by atoms with Gasteiger partial charge in [0.15, 0.2) is 0 Å². The molecule has 4 aromatic rings. The Morgan fingerprint density at radius 2 is 2.00 bits per heavy atom. The minimum atomic E-state index is -1.02. The van der Waals surface area contributed by atoms with Gasteiger partial charge in [0, 0.05) is 63.8 Å². The number of aliphatic hydroxyl groups excluding tert-OH is 1. The quantitative estimate of drug-likeness (QED) is 0.178. The van der Waals surface area contributed by atoms with Crippen molar-refractivity contribution in [3.63, 3.8) is 0 Å². The van der Waals surface area contributed by atoms with Crippen LogP contribution < -0.4 is 0 Å². The number of methoxy groups -OCH3 is 1. The number of rotatable bonds is 4. The van der Waals surface area contributed by atoms with Crippen molar-refractivity contribution in [1.29, 1.82) is 0 Å². The molecule has 2 aromatic carbocycles. The van der Waals surface area contributed by atoms with Crippen molar-refractivity contribution in [1.82, 2.24) is 19.4 Å². The fourth-order valence-corrected chi connectivity index (χ4v) is 12.3. The van der Waals surface area contributed by atoms with E-state index in [1.165, 1.54) is 58.9 Å². The zero-order chi connectivity index (χ0) is 32.7. The lowest BCUT2D eigenvalue weighted by molar-refractivity contribution is -0.183. The van der Waals surface area contributed by atoms with E-state index < -0.39 is 5.41 Å². The Bertz CT molecular complexity index is 2060. The topological polar surface area (TPSA) is 94.0 Å². The van der Waals surface area contributed by atoms with E-state index in [0.29, 0.717) is 18.2 Å². The number of nitrogens with one attached hydrogen (secondary N) is 1. The maximum atomic E-state index is 13.8. The molecule has 8 heteroatoms. The SMILES string of the molecule is CC=C1CN2C3CC1C(CO)(C(=O)OC)C2Cc1c3[nH]c2ccc(O)c(C3CC4(CC)CCCN5CCc6c(n3c3ccccc63)C54)c12. The van der Waals surface area contributed by atoms with E-state index in [4.69, 9.17) is 4.74 Å². The van der Waals surface area contributed by atoms with Crippen LogP contribution in [-0.4, -0.2) is 74.9 Å². The number of phenolic OH excluding ortho intramolecular Hbond substituents is 1. The smallest absolute Gasteiger partial charge is 0.316 e. The number of carbonyl (C=O) groups is 1. The molecule has 0 spiro atoms. The second-order valence-corrected chi connectivity index (χ2v) is 15.7. The van der Waals surface area contributed by atoms with Crippen molar-refractivity contribution < 1.29 is 19.7 Å². The number of benzene rings is 2. The average Bonchev–Trinajstić information content (AvgIpc) is 3.67. The molecule has 4 saturated heterocycles. The summed E-state index contributed by atoms with van der Waals surface area (Å²) in [6.45, 7) is 7.26. The van der Waals surface area contributed by atoms with Crippen LogP contribution in [0.4, 0.5) is 0 Å². The van der Waals surface area contributed by atoms with E-state index in [1.54, 1.807) is 0 Å². The Balaban J connectivity index is 1.23. The van der Waals surface area contributed by atoms with Crippen LogP contribution in [0.1, 0.15) is 92.2 Å².